The monoisotopic (exact) mass is 160 g/mol. The van der Waals surface area contributed by atoms with E-state index in [-0.39, 0.29) is 5.97 Å². The summed E-state index contributed by atoms with van der Waals surface area (Å²) in [4.78, 5) is 10.8. The minimum atomic E-state index is -0.0274. The number of hydrogen-bond acceptors (Lipinski definition) is 2. The molecule has 0 unspecified atom stereocenters. The molecule has 0 aliphatic rings. The lowest BCUT2D eigenvalue weighted by Gasteiger charge is -2.09. The first-order valence-electron chi connectivity index (χ1n) is 3.81. The molecule has 0 amide bonds. The summed E-state index contributed by atoms with van der Waals surface area (Å²) in [7, 11) is 0.534. The van der Waals surface area contributed by atoms with Crippen LogP contribution in [0.2, 0.25) is 0 Å². The largest absolute Gasteiger partial charge is 0.529 e. The summed E-state index contributed by atoms with van der Waals surface area (Å²) in [5.41, 5.74) is 0. The Morgan fingerprint density at radius 2 is 2.00 bits per heavy atom. The van der Waals surface area contributed by atoms with Crippen LogP contribution in [0.3, 0.4) is 0 Å². The van der Waals surface area contributed by atoms with Crippen molar-refractivity contribution in [3.05, 3.63) is 0 Å². The maximum absolute atomic E-state index is 10.8. The molecule has 0 atom stereocenters. The van der Waals surface area contributed by atoms with E-state index >= 15 is 0 Å². The van der Waals surface area contributed by atoms with Gasteiger partial charge in [-0.2, -0.15) is 0 Å². The molecular weight excluding hydrogens is 144 g/mol. The molecule has 2 nitrogen and oxygen atoms in total. The molecule has 60 valence electrons. The topological polar surface area (TPSA) is 26.3 Å². The second-order valence-electron chi connectivity index (χ2n) is 2.46. The van der Waals surface area contributed by atoms with Crippen molar-refractivity contribution < 1.29 is 9.22 Å². The second kappa shape index (κ2) is 5.47. The molecule has 0 saturated heterocycles. The van der Waals surface area contributed by atoms with Crippen molar-refractivity contribution in [2.45, 2.75) is 33.1 Å². The van der Waals surface area contributed by atoms with Gasteiger partial charge in [0.15, 0.2) is 0 Å². The van der Waals surface area contributed by atoms with E-state index in [9.17, 15) is 4.79 Å². The SMILES string of the molecule is CCC(CC)CC(=O)O[SiH3]. The Morgan fingerprint density at radius 1 is 1.50 bits per heavy atom. The van der Waals surface area contributed by atoms with Crippen molar-refractivity contribution in [1.29, 1.82) is 0 Å². The van der Waals surface area contributed by atoms with Gasteiger partial charge in [0.1, 0.15) is 0 Å². The second-order valence-corrected chi connectivity index (χ2v) is 2.87. The van der Waals surface area contributed by atoms with Crippen LogP contribution in [0.1, 0.15) is 33.1 Å². The summed E-state index contributed by atoms with van der Waals surface area (Å²) in [5.74, 6) is 0.502. The Morgan fingerprint density at radius 3 is 2.30 bits per heavy atom. The molecule has 0 N–H and O–H groups in total. The quantitative estimate of drug-likeness (QED) is 0.564. The van der Waals surface area contributed by atoms with E-state index in [4.69, 9.17) is 0 Å². The highest BCUT2D eigenvalue weighted by Gasteiger charge is 2.08. The van der Waals surface area contributed by atoms with Crippen molar-refractivity contribution in [3.63, 3.8) is 0 Å². The summed E-state index contributed by atoms with van der Waals surface area (Å²) in [6, 6.07) is 0. The predicted octanol–water partition coefficient (Wildman–Crippen LogP) is 0.636. The molecule has 0 heterocycles. The summed E-state index contributed by atoms with van der Waals surface area (Å²) in [6.45, 7) is 4.21. The van der Waals surface area contributed by atoms with Crippen molar-refractivity contribution in [2.75, 3.05) is 0 Å². The highest BCUT2D eigenvalue weighted by Crippen LogP contribution is 2.12. The van der Waals surface area contributed by atoms with E-state index in [1.54, 1.807) is 0 Å². The zero-order valence-corrected chi connectivity index (χ0v) is 9.02. The smallest absolute Gasteiger partial charge is 0.292 e. The first-order chi connectivity index (χ1) is 4.74. The molecule has 0 saturated carbocycles. The van der Waals surface area contributed by atoms with E-state index < -0.39 is 0 Å². The van der Waals surface area contributed by atoms with Gasteiger partial charge >= 0.3 is 0 Å². The average Bonchev–Trinajstić information content (AvgIpc) is 1.99. The van der Waals surface area contributed by atoms with Crippen LogP contribution in [-0.4, -0.2) is 16.5 Å². The predicted molar refractivity (Wildman–Crippen MR) is 44.7 cm³/mol. The van der Waals surface area contributed by atoms with E-state index in [1.807, 2.05) is 0 Å². The molecule has 0 spiro atoms. The van der Waals surface area contributed by atoms with Gasteiger partial charge in [0.05, 0.1) is 0 Å². The lowest BCUT2D eigenvalue weighted by Crippen LogP contribution is -2.08. The van der Waals surface area contributed by atoms with Crippen LogP contribution in [-0.2, 0) is 9.22 Å². The van der Waals surface area contributed by atoms with Crippen molar-refractivity contribution in [1.82, 2.24) is 0 Å². The van der Waals surface area contributed by atoms with E-state index in [0.717, 1.165) is 12.8 Å². The van der Waals surface area contributed by atoms with Gasteiger partial charge in [-0.15, -0.1) is 0 Å². The van der Waals surface area contributed by atoms with Crippen LogP contribution in [0.25, 0.3) is 0 Å². The molecule has 0 fully saturated rings. The van der Waals surface area contributed by atoms with Crippen LogP contribution in [0.4, 0.5) is 0 Å². The molecule has 0 aromatic heterocycles. The van der Waals surface area contributed by atoms with Crippen LogP contribution in [0.5, 0.6) is 0 Å². The Hall–Kier alpha value is -0.313. The molecule has 0 aromatic carbocycles. The van der Waals surface area contributed by atoms with Gasteiger partial charge in [-0.3, -0.25) is 4.79 Å². The van der Waals surface area contributed by atoms with Gasteiger partial charge in [-0.25, -0.2) is 0 Å². The fourth-order valence-corrected chi connectivity index (χ4v) is 1.06. The lowest BCUT2D eigenvalue weighted by atomic mass is 10.00. The summed E-state index contributed by atoms with van der Waals surface area (Å²) in [6.07, 6.45) is 2.76. The first kappa shape index (κ1) is 9.69. The molecule has 0 radical (unpaired) electrons. The number of rotatable bonds is 4. The van der Waals surface area contributed by atoms with Crippen molar-refractivity contribution in [3.8, 4) is 0 Å². The molecule has 3 heteroatoms. The zero-order chi connectivity index (χ0) is 7.98. The standard InChI is InChI=1S/C7H16O2Si/c1-3-6(4-2)5-7(8)9-10/h6H,3-5H2,1-2,10H3. The van der Waals surface area contributed by atoms with E-state index in [2.05, 4.69) is 18.3 Å². The average molecular weight is 160 g/mol. The molecular formula is C7H16O2Si. The van der Waals surface area contributed by atoms with Crippen molar-refractivity contribution >= 4 is 16.5 Å². The highest BCUT2D eigenvalue weighted by molar-refractivity contribution is 6.05. The van der Waals surface area contributed by atoms with Gasteiger partial charge in [0.2, 0.25) is 10.5 Å². The van der Waals surface area contributed by atoms with Gasteiger partial charge in [-0.1, -0.05) is 26.7 Å². The number of hydrogen-bond donors (Lipinski definition) is 0. The minimum absolute atomic E-state index is 0.0274. The molecule has 10 heavy (non-hydrogen) atoms. The summed E-state index contributed by atoms with van der Waals surface area (Å²) < 4.78 is 4.68. The van der Waals surface area contributed by atoms with Gasteiger partial charge in [-0.05, 0) is 5.92 Å². The van der Waals surface area contributed by atoms with Crippen LogP contribution in [0.15, 0.2) is 0 Å². The molecule has 0 aliphatic heterocycles. The number of carbonyl (C=O) groups excluding carboxylic acids is 1. The van der Waals surface area contributed by atoms with Gasteiger partial charge < -0.3 is 4.43 Å². The molecule has 0 aliphatic carbocycles. The fraction of sp³-hybridized carbons (Fsp3) is 0.857. The zero-order valence-electron chi connectivity index (χ0n) is 7.02. The third-order valence-corrected chi connectivity index (χ3v) is 2.29. The Balaban J connectivity index is 3.52. The maximum atomic E-state index is 10.8. The van der Waals surface area contributed by atoms with E-state index in [1.165, 1.54) is 0 Å². The summed E-state index contributed by atoms with van der Waals surface area (Å²) >= 11 is 0. The Bertz CT molecular complexity index is 99.8. The fourth-order valence-electron chi connectivity index (χ4n) is 0.896. The lowest BCUT2D eigenvalue weighted by molar-refractivity contribution is -0.135. The third-order valence-electron chi connectivity index (χ3n) is 1.84. The Labute approximate surface area is 65.5 Å². The van der Waals surface area contributed by atoms with Crippen LogP contribution < -0.4 is 0 Å². The minimum Gasteiger partial charge on any atom is -0.529 e. The third kappa shape index (κ3) is 3.66. The first-order valence-corrected chi connectivity index (χ1v) is 4.63. The van der Waals surface area contributed by atoms with Crippen LogP contribution in [0, 0.1) is 5.92 Å². The molecule has 0 bridgehead atoms. The maximum Gasteiger partial charge on any atom is 0.292 e. The van der Waals surface area contributed by atoms with Gasteiger partial charge in [0.25, 0.3) is 5.97 Å². The van der Waals surface area contributed by atoms with E-state index in [0.29, 0.717) is 22.8 Å². The van der Waals surface area contributed by atoms with Crippen molar-refractivity contribution in [2.24, 2.45) is 5.92 Å². The normalized spacial score (nSPS) is 10.3. The molecule has 0 rings (SSSR count). The van der Waals surface area contributed by atoms with Crippen LogP contribution >= 0.6 is 0 Å². The molecule has 0 aromatic rings. The Kier molecular flexibility index (Phi) is 5.30. The van der Waals surface area contributed by atoms with Gasteiger partial charge in [0, 0.05) is 6.42 Å². The summed E-state index contributed by atoms with van der Waals surface area (Å²) in [5, 5.41) is 0. The highest BCUT2D eigenvalue weighted by atomic mass is 28.2. The number of carbonyl (C=O) groups is 1.